The van der Waals surface area contributed by atoms with Crippen molar-refractivity contribution >= 4 is 22.9 Å². The minimum absolute atomic E-state index is 0.0221. The zero-order valence-electron chi connectivity index (χ0n) is 18.1. The van der Waals surface area contributed by atoms with E-state index in [1.165, 1.54) is 6.07 Å². The standard InChI is InChI=1S/C24H24FN5O2/c1-24(2,3)32-23(31)28-13-15-9-8-14(12-18(15)25)16-10-11-27-22-20(16)29-21(30-22)17-6-4-5-7-19(17)26/h4-12H,13,26H2,1-3H3,(H,28,31)(H,27,29,30). The van der Waals surface area contributed by atoms with E-state index >= 15 is 0 Å². The molecule has 0 unspecified atom stereocenters. The molecule has 0 saturated carbocycles. The van der Waals surface area contributed by atoms with Crippen LogP contribution in [0, 0.1) is 5.82 Å². The van der Waals surface area contributed by atoms with E-state index in [9.17, 15) is 9.18 Å². The lowest BCUT2D eigenvalue weighted by atomic mass is 10.0. The van der Waals surface area contributed by atoms with Crippen LogP contribution in [0.3, 0.4) is 0 Å². The first-order valence-corrected chi connectivity index (χ1v) is 10.2. The predicted octanol–water partition coefficient (Wildman–Crippen LogP) is 5.04. The highest BCUT2D eigenvalue weighted by molar-refractivity contribution is 5.92. The molecule has 0 spiro atoms. The SMILES string of the molecule is CC(C)(C)OC(=O)NCc1ccc(-c2ccnc3nc(-c4ccccc4N)[nH]c23)cc1F. The van der Waals surface area contributed by atoms with Crippen LogP contribution in [-0.2, 0) is 11.3 Å². The van der Waals surface area contributed by atoms with Gasteiger partial charge in [-0.25, -0.2) is 19.2 Å². The van der Waals surface area contributed by atoms with Crippen LogP contribution < -0.4 is 11.1 Å². The maximum Gasteiger partial charge on any atom is 0.407 e. The largest absolute Gasteiger partial charge is 0.444 e. The molecule has 32 heavy (non-hydrogen) atoms. The van der Waals surface area contributed by atoms with E-state index in [1.54, 1.807) is 51.2 Å². The number of fused-ring (bicyclic) bond motifs is 1. The quantitative estimate of drug-likeness (QED) is 0.391. The number of aromatic nitrogens is 3. The Balaban J connectivity index is 1.61. The smallest absolute Gasteiger partial charge is 0.407 e. The maximum absolute atomic E-state index is 14.8. The van der Waals surface area contributed by atoms with E-state index in [-0.39, 0.29) is 6.54 Å². The molecule has 0 radical (unpaired) electrons. The van der Waals surface area contributed by atoms with Gasteiger partial charge in [-0.05, 0) is 50.6 Å². The van der Waals surface area contributed by atoms with Gasteiger partial charge in [-0.1, -0.05) is 24.3 Å². The molecule has 0 atom stereocenters. The number of carbonyl (C=O) groups excluding carboxylic acids is 1. The van der Waals surface area contributed by atoms with Gasteiger partial charge < -0.3 is 20.8 Å². The molecule has 4 rings (SSSR count). The molecule has 1 amide bonds. The van der Waals surface area contributed by atoms with Crippen molar-refractivity contribution in [2.24, 2.45) is 0 Å². The lowest BCUT2D eigenvalue weighted by Crippen LogP contribution is -2.32. The number of nitrogens with zero attached hydrogens (tertiary/aromatic N) is 2. The highest BCUT2D eigenvalue weighted by Crippen LogP contribution is 2.31. The first-order chi connectivity index (χ1) is 15.2. The molecule has 164 valence electrons. The number of para-hydroxylation sites is 1. The molecule has 0 saturated heterocycles. The van der Waals surface area contributed by atoms with Crippen LogP contribution in [0.25, 0.3) is 33.7 Å². The third-order valence-corrected chi connectivity index (χ3v) is 4.79. The fourth-order valence-corrected chi connectivity index (χ4v) is 3.33. The van der Waals surface area contributed by atoms with Gasteiger partial charge in [0, 0.05) is 35.1 Å². The summed E-state index contributed by atoms with van der Waals surface area (Å²) in [5, 5.41) is 2.57. The van der Waals surface area contributed by atoms with E-state index in [1.807, 2.05) is 18.2 Å². The number of nitrogen functional groups attached to an aromatic ring is 1. The summed E-state index contributed by atoms with van der Waals surface area (Å²) in [5.41, 5.74) is 9.79. The Hall–Kier alpha value is -3.94. The average Bonchev–Trinajstić information content (AvgIpc) is 3.16. The number of alkyl carbamates (subject to hydrolysis) is 1. The number of imidazole rings is 1. The summed E-state index contributed by atoms with van der Waals surface area (Å²) in [6.07, 6.45) is 1.04. The van der Waals surface area contributed by atoms with Gasteiger partial charge in [-0.2, -0.15) is 0 Å². The van der Waals surface area contributed by atoms with Crippen LogP contribution in [-0.4, -0.2) is 26.6 Å². The topological polar surface area (TPSA) is 106 Å². The summed E-state index contributed by atoms with van der Waals surface area (Å²) < 4.78 is 20.0. The van der Waals surface area contributed by atoms with Crippen LogP contribution in [0.15, 0.2) is 54.7 Å². The number of nitrogens with one attached hydrogen (secondary N) is 2. The van der Waals surface area contributed by atoms with Gasteiger partial charge in [0.15, 0.2) is 5.65 Å². The van der Waals surface area contributed by atoms with Crippen LogP contribution in [0.1, 0.15) is 26.3 Å². The minimum atomic E-state index is -0.619. The average molecular weight is 433 g/mol. The second-order valence-corrected chi connectivity index (χ2v) is 8.39. The van der Waals surface area contributed by atoms with Gasteiger partial charge >= 0.3 is 6.09 Å². The summed E-state index contributed by atoms with van der Waals surface area (Å²) in [6.45, 7) is 5.33. The summed E-state index contributed by atoms with van der Waals surface area (Å²) in [5.74, 6) is 0.160. The van der Waals surface area contributed by atoms with Crippen LogP contribution in [0.2, 0.25) is 0 Å². The van der Waals surface area contributed by atoms with Gasteiger partial charge in [0.05, 0.1) is 5.52 Å². The maximum atomic E-state index is 14.8. The zero-order valence-corrected chi connectivity index (χ0v) is 18.1. The van der Waals surface area contributed by atoms with Crippen molar-refractivity contribution in [1.82, 2.24) is 20.3 Å². The number of aromatic amines is 1. The van der Waals surface area contributed by atoms with Gasteiger partial charge in [0.25, 0.3) is 0 Å². The molecule has 4 N–H and O–H groups in total. The van der Waals surface area contributed by atoms with Crippen molar-refractivity contribution in [3.8, 4) is 22.5 Å². The monoisotopic (exact) mass is 433 g/mol. The van der Waals surface area contributed by atoms with Crippen molar-refractivity contribution in [2.45, 2.75) is 32.9 Å². The second kappa shape index (κ2) is 8.30. The molecular formula is C24H24FN5O2. The lowest BCUT2D eigenvalue weighted by molar-refractivity contribution is 0.0523. The molecule has 0 bridgehead atoms. The molecule has 4 aromatic rings. The summed E-state index contributed by atoms with van der Waals surface area (Å²) in [4.78, 5) is 24.0. The van der Waals surface area contributed by atoms with Crippen LogP contribution in [0.4, 0.5) is 14.9 Å². The normalized spacial score (nSPS) is 11.5. The third kappa shape index (κ3) is 4.54. The number of anilines is 1. The Morgan fingerprint density at radius 3 is 2.66 bits per heavy atom. The molecule has 0 aliphatic rings. The molecule has 2 heterocycles. The molecule has 0 aliphatic heterocycles. The first-order valence-electron chi connectivity index (χ1n) is 10.2. The second-order valence-electron chi connectivity index (χ2n) is 8.39. The van der Waals surface area contributed by atoms with E-state index in [4.69, 9.17) is 10.5 Å². The first kappa shape index (κ1) is 21.3. The predicted molar refractivity (Wildman–Crippen MR) is 122 cm³/mol. The summed E-state index contributed by atoms with van der Waals surface area (Å²) >= 11 is 0. The molecular weight excluding hydrogens is 409 g/mol. The van der Waals surface area contributed by atoms with Gasteiger partial charge in [-0.15, -0.1) is 0 Å². The van der Waals surface area contributed by atoms with Gasteiger partial charge in [0.2, 0.25) is 0 Å². The van der Waals surface area contributed by atoms with Crippen molar-refractivity contribution in [3.63, 3.8) is 0 Å². The zero-order chi connectivity index (χ0) is 22.9. The number of rotatable bonds is 4. The number of benzene rings is 2. The number of nitrogens with two attached hydrogens (primary N) is 1. The highest BCUT2D eigenvalue weighted by Gasteiger charge is 2.17. The fourth-order valence-electron chi connectivity index (χ4n) is 3.33. The number of carbonyl (C=O) groups is 1. The number of hydrogen-bond donors (Lipinski definition) is 3. The number of amides is 1. The molecule has 7 nitrogen and oxygen atoms in total. The third-order valence-electron chi connectivity index (χ3n) is 4.79. The molecule has 0 aliphatic carbocycles. The van der Waals surface area contributed by atoms with Crippen molar-refractivity contribution in [1.29, 1.82) is 0 Å². The van der Waals surface area contributed by atoms with Gasteiger partial charge in [-0.3, -0.25) is 0 Å². The number of H-pyrrole nitrogens is 1. The van der Waals surface area contributed by atoms with Crippen LogP contribution in [0.5, 0.6) is 0 Å². The number of hydrogen-bond acceptors (Lipinski definition) is 5. The number of halogens is 1. The van der Waals surface area contributed by atoms with E-state index in [0.29, 0.717) is 33.8 Å². The Morgan fingerprint density at radius 2 is 1.94 bits per heavy atom. The molecule has 2 aromatic heterocycles. The Labute approximate surface area is 184 Å². The molecule has 2 aromatic carbocycles. The van der Waals surface area contributed by atoms with Crippen molar-refractivity contribution in [2.75, 3.05) is 5.73 Å². The minimum Gasteiger partial charge on any atom is -0.444 e. The Bertz CT molecular complexity index is 1290. The van der Waals surface area contributed by atoms with E-state index < -0.39 is 17.5 Å². The van der Waals surface area contributed by atoms with Crippen molar-refractivity contribution < 1.29 is 13.9 Å². The van der Waals surface area contributed by atoms with Crippen molar-refractivity contribution in [3.05, 3.63) is 66.1 Å². The Kier molecular flexibility index (Phi) is 5.52. The molecule has 0 fully saturated rings. The lowest BCUT2D eigenvalue weighted by Gasteiger charge is -2.19. The van der Waals surface area contributed by atoms with Crippen LogP contribution >= 0.6 is 0 Å². The number of pyridine rings is 1. The Morgan fingerprint density at radius 1 is 1.16 bits per heavy atom. The van der Waals surface area contributed by atoms with Gasteiger partial charge in [0.1, 0.15) is 17.2 Å². The fraction of sp³-hybridized carbons (Fsp3) is 0.208. The highest BCUT2D eigenvalue weighted by atomic mass is 19.1. The summed E-state index contributed by atoms with van der Waals surface area (Å²) in [7, 11) is 0. The molecule has 8 heteroatoms. The van der Waals surface area contributed by atoms with E-state index in [0.717, 1.165) is 11.1 Å². The summed E-state index contributed by atoms with van der Waals surface area (Å²) in [6, 6.07) is 14.1. The van der Waals surface area contributed by atoms with E-state index in [2.05, 4.69) is 20.3 Å². The number of ether oxygens (including phenoxy) is 1.